The molecule has 2 aliphatic carbocycles. The van der Waals surface area contributed by atoms with Gasteiger partial charge in [-0.15, -0.1) is 0 Å². The smallest absolute Gasteiger partial charge is 0.0279 e. The molecule has 1 nitrogen and oxygen atoms in total. The summed E-state index contributed by atoms with van der Waals surface area (Å²) in [5.74, 6) is 1.00. The molecule has 1 saturated carbocycles. The third-order valence-electron chi connectivity index (χ3n) is 4.17. The molecule has 1 N–H and O–H groups in total. The van der Waals surface area contributed by atoms with Gasteiger partial charge in [-0.3, -0.25) is 0 Å². The minimum atomic E-state index is 0.688. The molecule has 0 aromatic rings. The Morgan fingerprint density at radius 2 is 2.07 bits per heavy atom. The van der Waals surface area contributed by atoms with Crippen LogP contribution in [0.1, 0.15) is 57.8 Å². The van der Waals surface area contributed by atoms with Crippen LogP contribution >= 0.6 is 0 Å². The first-order valence-corrected chi connectivity index (χ1v) is 6.76. The van der Waals surface area contributed by atoms with Crippen LogP contribution in [0, 0.1) is 5.92 Å². The van der Waals surface area contributed by atoms with Gasteiger partial charge in [0.25, 0.3) is 0 Å². The molecule has 0 amide bonds. The number of likely N-dealkylation sites (N-methyl/N-ethyl adjacent to an activating group) is 1. The Labute approximate surface area is 94.3 Å². The van der Waals surface area contributed by atoms with Gasteiger partial charge in [0.1, 0.15) is 0 Å². The maximum Gasteiger partial charge on any atom is 0.0279 e. The Morgan fingerprint density at radius 1 is 1.27 bits per heavy atom. The molecule has 2 rings (SSSR count). The lowest BCUT2D eigenvalue weighted by Gasteiger charge is -2.25. The molecule has 1 heteroatoms. The van der Waals surface area contributed by atoms with Gasteiger partial charge in [0, 0.05) is 6.04 Å². The zero-order valence-electron chi connectivity index (χ0n) is 10.1. The summed E-state index contributed by atoms with van der Waals surface area (Å²) in [4.78, 5) is 0. The van der Waals surface area contributed by atoms with Gasteiger partial charge in [-0.05, 0) is 45.1 Å². The van der Waals surface area contributed by atoms with Crippen molar-refractivity contribution in [3.05, 3.63) is 11.6 Å². The SMILES string of the molecule is CNC(CC1CCCC1)C1=CCCCC1. The van der Waals surface area contributed by atoms with Crippen molar-refractivity contribution in [2.75, 3.05) is 7.05 Å². The molecular weight excluding hydrogens is 182 g/mol. The summed E-state index contributed by atoms with van der Waals surface area (Å²) < 4.78 is 0. The van der Waals surface area contributed by atoms with E-state index in [2.05, 4.69) is 18.4 Å². The fourth-order valence-corrected chi connectivity index (χ4v) is 3.21. The maximum atomic E-state index is 3.53. The fraction of sp³-hybridized carbons (Fsp3) is 0.857. The molecule has 0 saturated heterocycles. The van der Waals surface area contributed by atoms with Gasteiger partial charge in [0.05, 0.1) is 0 Å². The summed E-state index contributed by atoms with van der Waals surface area (Å²) in [7, 11) is 2.13. The van der Waals surface area contributed by atoms with Crippen molar-refractivity contribution in [2.45, 2.75) is 63.8 Å². The summed E-state index contributed by atoms with van der Waals surface area (Å²) in [5.41, 5.74) is 1.70. The van der Waals surface area contributed by atoms with Crippen molar-refractivity contribution in [2.24, 2.45) is 5.92 Å². The Hall–Kier alpha value is -0.300. The van der Waals surface area contributed by atoms with Crippen LogP contribution in [0.3, 0.4) is 0 Å². The first-order chi connectivity index (χ1) is 7.40. The second-order valence-corrected chi connectivity index (χ2v) is 5.25. The van der Waals surface area contributed by atoms with Crippen LogP contribution in [0.2, 0.25) is 0 Å². The minimum absolute atomic E-state index is 0.688. The lowest BCUT2D eigenvalue weighted by molar-refractivity contribution is 0.423. The summed E-state index contributed by atoms with van der Waals surface area (Å²) in [5, 5.41) is 3.53. The van der Waals surface area contributed by atoms with Crippen LogP contribution in [-0.2, 0) is 0 Å². The quantitative estimate of drug-likeness (QED) is 0.694. The van der Waals surface area contributed by atoms with Gasteiger partial charge in [-0.25, -0.2) is 0 Å². The van der Waals surface area contributed by atoms with E-state index in [0.717, 1.165) is 5.92 Å². The van der Waals surface area contributed by atoms with Gasteiger partial charge in [0.15, 0.2) is 0 Å². The van der Waals surface area contributed by atoms with E-state index in [4.69, 9.17) is 0 Å². The zero-order valence-corrected chi connectivity index (χ0v) is 10.1. The van der Waals surface area contributed by atoms with Crippen LogP contribution in [0.15, 0.2) is 11.6 Å². The lowest BCUT2D eigenvalue weighted by atomic mass is 9.88. The molecule has 15 heavy (non-hydrogen) atoms. The molecule has 0 bridgehead atoms. The molecule has 1 unspecified atom stereocenters. The fourth-order valence-electron chi connectivity index (χ4n) is 3.21. The zero-order chi connectivity index (χ0) is 10.5. The van der Waals surface area contributed by atoms with Crippen LogP contribution in [-0.4, -0.2) is 13.1 Å². The van der Waals surface area contributed by atoms with Crippen LogP contribution in [0.25, 0.3) is 0 Å². The van der Waals surface area contributed by atoms with Crippen LogP contribution in [0.4, 0.5) is 0 Å². The van der Waals surface area contributed by atoms with Gasteiger partial charge in [0.2, 0.25) is 0 Å². The van der Waals surface area contributed by atoms with Gasteiger partial charge in [-0.1, -0.05) is 37.3 Å². The summed E-state index contributed by atoms with van der Waals surface area (Å²) >= 11 is 0. The Kier molecular flexibility index (Phi) is 4.25. The van der Waals surface area contributed by atoms with Crippen molar-refractivity contribution in [1.82, 2.24) is 5.32 Å². The number of rotatable bonds is 4. The highest BCUT2D eigenvalue weighted by molar-refractivity contribution is 5.13. The maximum absolute atomic E-state index is 3.53. The first-order valence-electron chi connectivity index (χ1n) is 6.76. The van der Waals surface area contributed by atoms with Crippen LogP contribution < -0.4 is 5.32 Å². The predicted molar refractivity (Wildman–Crippen MR) is 66.0 cm³/mol. The van der Waals surface area contributed by atoms with E-state index in [-0.39, 0.29) is 0 Å². The molecule has 0 radical (unpaired) electrons. The Balaban J connectivity index is 1.87. The van der Waals surface area contributed by atoms with E-state index < -0.39 is 0 Å². The van der Waals surface area contributed by atoms with E-state index in [1.54, 1.807) is 5.57 Å². The van der Waals surface area contributed by atoms with Crippen molar-refractivity contribution in [1.29, 1.82) is 0 Å². The lowest BCUT2D eigenvalue weighted by Crippen LogP contribution is -2.30. The number of hydrogen-bond donors (Lipinski definition) is 1. The molecule has 0 aromatic heterocycles. The molecule has 1 fully saturated rings. The van der Waals surface area contributed by atoms with Crippen molar-refractivity contribution in [3.63, 3.8) is 0 Å². The van der Waals surface area contributed by atoms with E-state index in [9.17, 15) is 0 Å². The molecule has 1 atom stereocenters. The minimum Gasteiger partial charge on any atom is -0.313 e. The molecule has 0 aromatic carbocycles. The average molecular weight is 207 g/mol. The molecule has 86 valence electrons. The summed E-state index contributed by atoms with van der Waals surface area (Å²) in [6, 6.07) is 0.688. The van der Waals surface area contributed by atoms with Gasteiger partial charge >= 0.3 is 0 Å². The predicted octanol–water partition coefficient (Wildman–Crippen LogP) is 3.66. The Bertz CT molecular complexity index is 213. The molecule has 2 aliphatic rings. The highest BCUT2D eigenvalue weighted by Crippen LogP contribution is 2.31. The van der Waals surface area contributed by atoms with Crippen molar-refractivity contribution in [3.8, 4) is 0 Å². The Morgan fingerprint density at radius 3 is 2.67 bits per heavy atom. The third-order valence-corrected chi connectivity index (χ3v) is 4.17. The van der Waals surface area contributed by atoms with E-state index >= 15 is 0 Å². The highest BCUT2D eigenvalue weighted by Gasteiger charge is 2.21. The first kappa shape index (κ1) is 11.2. The van der Waals surface area contributed by atoms with E-state index in [0.29, 0.717) is 6.04 Å². The molecular formula is C14H25N. The topological polar surface area (TPSA) is 12.0 Å². The van der Waals surface area contributed by atoms with E-state index in [1.807, 2.05) is 0 Å². The number of hydrogen-bond acceptors (Lipinski definition) is 1. The highest BCUT2D eigenvalue weighted by atomic mass is 14.9. The largest absolute Gasteiger partial charge is 0.313 e. The van der Waals surface area contributed by atoms with Gasteiger partial charge in [-0.2, -0.15) is 0 Å². The summed E-state index contributed by atoms with van der Waals surface area (Å²) in [6.45, 7) is 0. The number of nitrogens with one attached hydrogen (secondary N) is 1. The van der Waals surface area contributed by atoms with Crippen molar-refractivity contribution >= 4 is 0 Å². The van der Waals surface area contributed by atoms with E-state index in [1.165, 1.54) is 57.8 Å². The second kappa shape index (κ2) is 5.69. The van der Waals surface area contributed by atoms with Gasteiger partial charge < -0.3 is 5.32 Å². The monoisotopic (exact) mass is 207 g/mol. The normalized spacial score (nSPS) is 25.3. The standard InChI is InChI=1S/C14H25N/c1-15-14(11-12-7-5-6-8-12)13-9-3-2-4-10-13/h9,12,14-15H,2-8,10-11H2,1H3. The summed E-state index contributed by atoms with van der Waals surface area (Å²) in [6.07, 6.45) is 15.3. The molecule has 0 spiro atoms. The number of allylic oxidation sites excluding steroid dienone is 1. The second-order valence-electron chi connectivity index (χ2n) is 5.25. The average Bonchev–Trinajstić information content (AvgIpc) is 2.80. The molecule has 0 heterocycles. The van der Waals surface area contributed by atoms with Crippen LogP contribution in [0.5, 0.6) is 0 Å². The van der Waals surface area contributed by atoms with Crippen molar-refractivity contribution < 1.29 is 0 Å². The third kappa shape index (κ3) is 3.07. The molecule has 0 aliphatic heterocycles.